The molecule has 0 spiro atoms. The molecular formula is C17H18N2O2. The molecule has 21 heavy (non-hydrogen) atoms. The molecule has 4 nitrogen and oxygen atoms in total. The minimum Gasteiger partial charge on any atom is -0.368 e. The van der Waals surface area contributed by atoms with Crippen LogP contribution in [0.4, 0.5) is 0 Å². The Morgan fingerprint density at radius 1 is 0.952 bits per heavy atom. The fourth-order valence-corrected chi connectivity index (χ4v) is 2.10. The largest absolute Gasteiger partial charge is 0.368 e. The van der Waals surface area contributed by atoms with Gasteiger partial charge in [-0.2, -0.15) is 0 Å². The molecule has 0 bridgehead atoms. The van der Waals surface area contributed by atoms with E-state index >= 15 is 0 Å². The van der Waals surface area contributed by atoms with Crippen LogP contribution in [0.2, 0.25) is 0 Å². The van der Waals surface area contributed by atoms with Crippen molar-refractivity contribution in [2.24, 2.45) is 5.73 Å². The van der Waals surface area contributed by atoms with Crippen LogP contribution in [-0.4, -0.2) is 11.8 Å². The Balaban J connectivity index is 1.95. The number of carbonyl (C=O) groups is 2. The van der Waals surface area contributed by atoms with Crippen LogP contribution in [0.15, 0.2) is 60.7 Å². The van der Waals surface area contributed by atoms with Gasteiger partial charge in [0.2, 0.25) is 11.8 Å². The quantitative estimate of drug-likeness (QED) is 0.850. The second-order valence-electron chi connectivity index (χ2n) is 4.80. The molecule has 0 heterocycles. The standard InChI is InChI=1S/C17H18N2O2/c18-17(21)16(14-9-5-2-6-10-14)19-15(20)12-11-13-7-3-1-4-8-13/h1-10,16H,11-12H2,(H2,18,21)(H,19,20)/t16-/m0/s1. The van der Waals surface area contributed by atoms with Crippen LogP contribution >= 0.6 is 0 Å². The summed E-state index contributed by atoms with van der Waals surface area (Å²) in [6.45, 7) is 0. The van der Waals surface area contributed by atoms with Crippen molar-refractivity contribution in [3.63, 3.8) is 0 Å². The second kappa shape index (κ2) is 7.24. The van der Waals surface area contributed by atoms with Crippen molar-refractivity contribution in [3.05, 3.63) is 71.8 Å². The zero-order valence-electron chi connectivity index (χ0n) is 11.7. The van der Waals surface area contributed by atoms with E-state index in [9.17, 15) is 9.59 Å². The third-order valence-electron chi connectivity index (χ3n) is 3.21. The van der Waals surface area contributed by atoms with Gasteiger partial charge < -0.3 is 11.1 Å². The molecule has 2 rings (SSSR count). The first-order chi connectivity index (χ1) is 10.2. The van der Waals surface area contributed by atoms with Gasteiger partial charge >= 0.3 is 0 Å². The summed E-state index contributed by atoms with van der Waals surface area (Å²) in [6.07, 6.45) is 0.952. The third-order valence-corrected chi connectivity index (χ3v) is 3.21. The molecule has 2 amide bonds. The maximum Gasteiger partial charge on any atom is 0.244 e. The number of amides is 2. The molecule has 0 aliphatic carbocycles. The first-order valence-corrected chi connectivity index (χ1v) is 6.84. The number of primary amides is 1. The van der Waals surface area contributed by atoms with E-state index in [1.165, 1.54) is 0 Å². The molecule has 0 saturated carbocycles. The summed E-state index contributed by atoms with van der Waals surface area (Å²) < 4.78 is 0. The fraction of sp³-hybridized carbons (Fsp3) is 0.176. The van der Waals surface area contributed by atoms with Gasteiger partial charge in [0.1, 0.15) is 6.04 Å². The molecule has 0 aromatic heterocycles. The van der Waals surface area contributed by atoms with Gasteiger partial charge in [-0.05, 0) is 17.5 Å². The van der Waals surface area contributed by atoms with Gasteiger partial charge in [-0.1, -0.05) is 60.7 Å². The molecule has 108 valence electrons. The average molecular weight is 282 g/mol. The van der Waals surface area contributed by atoms with E-state index < -0.39 is 11.9 Å². The molecule has 1 atom stereocenters. The smallest absolute Gasteiger partial charge is 0.244 e. The lowest BCUT2D eigenvalue weighted by atomic mass is 10.1. The van der Waals surface area contributed by atoms with E-state index in [0.717, 1.165) is 5.56 Å². The molecule has 4 heteroatoms. The van der Waals surface area contributed by atoms with Crippen LogP contribution in [0.1, 0.15) is 23.6 Å². The third kappa shape index (κ3) is 4.45. The fourth-order valence-electron chi connectivity index (χ4n) is 2.10. The van der Waals surface area contributed by atoms with Crippen molar-refractivity contribution in [1.82, 2.24) is 5.32 Å². The maximum absolute atomic E-state index is 12.0. The lowest BCUT2D eigenvalue weighted by molar-refractivity contribution is -0.127. The molecule has 0 fully saturated rings. The minimum atomic E-state index is -0.783. The summed E-state index contributed by atoms with van der Waals surface area (Å²) in [4.78, 5) is 23.5. The van der Waals surface area contributed by atoms with Crippen LogP contribution in [0, 0.1) is 0 Å². The van der Waals surface area contributed by atoms with Gasteiger partial charge in [-0.15, -0.1) is 0 Å². The summed E-state index contributed by atoms with van der Waals surface area (Å²) in [5.74, 6) is -0.749. The number of hydrogen-bond donors (Lipinski definition) is 2. The van der Waals surface area contributed by atoms with E-state index in [1.54, 1.807) is 24.3 Å². The van der Waals surface area contributed by atoms with Crippen LogP contribution in [0.3, 0.4) is 0 Å². The Bertz CT molecular complexity index is 597. The monoisotopic (exact) mass is 282 g/mol. The summed E-state index contributed by atoms with van der Waals surface area (Å²) in [7, 11) is 0. The highest BCUT2D eigenvalue weighted by molar-refractivity contribution is 5.87. The number of nitrogens with one attached hydrogen (secondary N) is 1. The van der Waals surface area contributed by atoms with Crippen molar-refractivity contribution in [2.45, 2.75) is 18.9 Å². The topological polar surface area (TPSA) is 72.2 Å². The van der Waals surface area contributed by atoms with Crippen LogP contribution < -0.4 is 11.1 Å². The Morgan fingerprint density at radius 3 is 2.10 bits per heavy atom. The van der Waals surface area contributed by atoms with E-state index in [2.05, 4.69) is 5.32 Å². The van der Waals surface area contributed by atoms with Gasteiger partial charge in [0.05, 0.1) is 0 Å². The lowest BCUT2D eigenvalue weighted by Crippen LogP contribution is -2.37. The van der Waals surface area contributed by atoms with Crippen LogP contribution in [0.5, 0.6) is 0 Å². The molecule has 2 aromatic rings. The van der Waals surface area contributed by atoms with Gasteiger partial charge in [0.25, 0.3) is 0 Å². The van der Waals surface area contributed by atoms with E-state index in [-0.39, 0.29) is 5.91 Å². The normalized spacial score (nSPS) is 11.6. The Morgan fingerprint density at radius 2 is 1.52 bits per heavy atom. The Kier molecular flexibility index (Phi) is 5.10. The molecule has 0 radical (unpaired) electrons. The van der Waals surface area contributed by atoms with Crippen molar-refractivity contribution in [1.29, 1.82) is 0 Å². The van der Waals surface area contributed by atoms with E-state index in [4.69, 9.17) is 5.73 Å². The first-order valence-electron chi connectivity index (χ1n) is 6.84. The molecule has 3 N–H and O–H groups in total. The number of rotatable bonds is 6. The van der Waals surface area contributed by atoms with Crippen molar-refractivity contribution >= 4 is 11.8 Å². The van der Waals surface area contributed by atoms with Crippen LogP contribution in [-0.2, 0) is 16.0 Å². The zero-order valence-corrected chi connectivity index (χ0v) is 11.7. The molecule has 0 saturated heterocycles. The first kappa shape index (κ1) is 14.8. The van der Waals surface area contributed by atoms with Gasteiger partial charge in [-0.3, -0.25) is 9.59 Å². The lowest BCUT2D eigenvalue weighted by Gasteiger charge is -2.15. The van der Waals surface area contributed by atoms with Gasteiger partial charge in [0, 0.05) is 6.42 Å². The number of carbonyl (C=O) groups excluding carboxylic acids is 2. The highest BCUT2D eigenvalue weighted by Gasteiger charge is 2.19. The number of hydrogen-bond acceptors (Lipinski definition) is 2. The van der Waals surface area contributed by atoms with Crippen LogP contribution in [0.25, 0.3) is 0 Å². The van der Waals surface area contributed by atoms with Crippen molar-refractivity contribution in [2.75, 3.05) is 0 Å². The predicted molar refractivity (Wildman–Crippen MR) is 81.3 cm³/mol. The van der Waals surface area contributed by atoms with Crippen molar-refractivity contribution in [3.8, 4) is 0 Å². The average Bonchev–Trinajstić information content (AvgIpc) is 2.52. The molecule has 2 aromatic carbocycles. The van der Waals surface area contributed by atoms with Gasteiger partial charge in [-0.25, -0.2) is 0 Å². The highest BCUT2D eigenvalue weighted by atomic mass is 16.2. The SMILES string of the molecule is NC(=O)[C@@H](NC(=O)CCc1ccccc1)c1ccccc1. The minimum absolute atomic E-state index is 0.188. The molecule has 0 unspecified atom stereocenters. The highest BCUT2D eigenvalue weighted by Crippen LogP contribution is 2.12. The Hall–Kier alpha value is -2.62. The number of nitrogens with two attached hydrogens (primary N) is 1. The van der Waals surface area contributed by atoms with E-state index in [0.29, 0.717) is 18.4 Å². The summed E-state index contributed by atoms with van der Waals surface area (Å²) in [5, 5.41) is 2.69. The predicted octanol–water partition coefficient (Wildman–Crippen LogP) is 1.96. The second-order valence-corrected chi connectivity index (χ2v) is 4.80. The maximum atomic E-state index is 12.0. The number of aryl methyl sites for hydroxylation is 1. The molecule has 0 aliphatic heterocycles. The summed E-state index contributed by atoms with van der Waals surface area (Å²) in [5.41, 5.74) is 7.15. The summed E-state index contributed by atoms with van der Waals surface area (Å²) >= 11 is 0. The van der Waals surface area contributed by atoms with E-state index in [1.807, 2.05) is 36.4 Å². The zero-order chi connectivity index (χ0) is 15.1. The number of benzene rings is 2. The Labute approximate surface area is 124 Å². The summed E-state index contributed by atoms with van der Waals surface area (Å²) in [6, 6.07) is 18.0. The molecule has 0 aliphatic rings. The van der Waals surface area contributed by atoms with Gasteiger partial charge in [0.15, 0.2) is 0 Å². The molecular weight excluding hydrogens is 264 g/mol. The van der Waals surface area contributed by atoms with Crippen molar-refractivity contribution < 1.29 is 9.59 Å².